The zero-order chi connectivity index (χ0) is 15.5. The molecule has 0 radical (unpaired) electrons. The lowest BCUT2D eigenvalue weighted by Crippen LogP contribution is -2.28. The molecule has 1 N–H and O–H groups in total. The molecule has 112 valence electrons. The summed E-state index contributed by atoms with van der Waals surface area (Å²) in [7, 11) is 1.77. The number of thiophene rings is 1. The summed E-state index contributed by atoms with van der Waals surface area (Å²) >= 11 is 1.61. The van der Waals surface area contributed by atoms with Gasteiger partial charge in [0.25, 0.3) is 5.56 Å². The van der Waals surface area contributed by atoms with Crippen molar-refractivity contribution in [3.8, 4) is 0 Å². The van der Waals surface area contributed by atoms with E-state index in [2.05, 4.69) is 10.2 Å². The third-order valence-corrected chi connectivity index (χ3v) is 4.25. The number of aromatic amines is 1. The van der Waals surface area contributed by atoms with Gasteiger partial charge in [0.2, 0.25) is 5.91 Å². The predicted molar refractivity (Wildman–Crippen MR) is 86.9 cm³/mol. The monoisotopic (exact) mass is 313 g/mol. The fourth-order valence-electron chi connectivity index (χ4n) is 2.33. The van der Waals surface area contributed by atoms with Gasteiger partial charge in [-0.2, -0.15) is 16.4 Å². The number of aromatic nitrogens is 2. The van der Waals surface area contributed by atoms with Crippen LogP contribution in [0.1, 0.15) is 11.3 Å². The van der Waals surface area contributed by atoms with Crippen molar-refractivity contribution in [2.75, 3.05) is 7.05 Å². The number of likely N-dealkylation sites (N-methyl/N-ethyl adjacent to an activating group) is 1. The molecule has 1 aromatic carbocycles. The molecule has 5 nitrogen and oxygen atoms in total. The number of nitrogens with zero attached hydrogens (tertiary/aromatic N) is 2. The summed E-state index contributed by atoms with van der Waals surface area (Å²) in [6, 6.07) is 9.19. The van der Waals surface area contributed by atoms with Crippen LogP contribution in [-0.2, 0) is 17.8 Å². The lowest BCUT2D eigenvalue weighted by atomic mass is 10.1. The molecule has 0 bridgehead atoms. The van der Waals surface area contributed by atoms with E-state index >= 15 is 0 Å². The van der Waals surface area contributed by atoms with Crippen LogP contribution in [0.4, 0.5) is 0 Å². The van der Waals surface area contributed by atoms with E-state index in [9.17, 15) is 9.59 Å². The first-order valence-electron chi connectivity index (χ1n) is 6.86. The summed E-state index contributed by atoms with van der Waals surface area (Å²) in [5.74, 6) is -0.0316. The topological polar surface area (TPSA) is 66.1 Å². The van der Waals surface area contributed by atoms with Crippen LogP contribution in [0.5, 0.6) is 0 Å². The Balaban J connectivity index is 1.82. The number of hydrogen-bond donors (Lipinski definition) is 1. The molecule has 22 heavy (non-hydrogen) atoms. The summed E-state index contributed by atoms with van der Waals surface area (Å²) in [5, 5.41) is 11.8. The second-order valence-electron chi connectivity index (χ2n) is 5.10. The van der Waals surface area contributed by atoms with Crippen molar-refractivity contribution in [2.45, 2.75) is 13.0 Å². The maximum Gasteiger partial charge on any atom is 0.272 e. The second kappa shape index (κ2) is 6.11. The molecule has 0 aliphatic rings. The van der Waals surface area contributed by atoms with E-state index in [1.54, 1.807) is 35.4 Å². The number of rotatable bonds is 4. The highest BCUT2D eigenvalue weighted by Crippen LogP contribution is 2.14. The molecule has 0 saturated carbocycles. The lowest BCUT2D eigenvalue weighted by Gasteiger charge is -2.16. The normalized spacial score (nSPS) is 10.8. The van der Waals surface area contributed by atoms with Crippen molar-refractivity contribution in [2.24, 2.45) is 0 Å². The van der Waals surface area contributed by atoms with E-state index in [1.165, 1.54) is 0 Å². The minimum absolute atomic E-state index is 0.0316. The molecule has 2 aromatic heterocycles. The summed E-state index contributed by atoms with van der Waals surface area (Å²) in [6.07, 6.45) is 0.165. The van der Waals surface area contributed by atoms with Crippen LogP contribution >= 0.6 is 11.3 Å². The Hall–Kier alpha value is -2.47. The van der Waals surface area contributed by atoms with Gasteiger partial charge >= 0.3 is 0 Å². The minimum atomic E-state index is -0.238. The van der Waals surface area contributed by atoms with Crippen molar-refractivity contribution in [1.82, 2.24) is 15.1 Å². The molecular weight excluding hydrogens is 298 g/mol. The average Bonchev–Trinajstić information content (AvgIpc) is 3.03. The molecule has 0 fully saturated rings. The predicted octanol–water partition coefficient (Wildman–Crippen LogP) is 2.19. The number of carbonyl (C=O) groups is 1. The molecule has 0 unspecified atom stereocenters. The van der Waals surface area contributed by atoms with E-state index in [1.807, 2.05) is 29.0 Å². The third-order valence-electron chi connectivity index (χ3n) is 3.52. The zero-order valence-electron chi connectivity index (χ0n) is 12.1. The van der Waals surface area contributed by atoms with E-state index in [0.717, 1.165) is 10.9 Å². The van der Waals surface area contributed by atoms with Gasteiger partial charge in [-0.05, 0) is 28.5 Å². The number of carbonyl (C=O) groups excluding carboxylic acids is 1. The standard InChI is InChI=1S/C16H15N3O2S/c1-19(9-11-6-7-22-10-11)15(20)8-14-12-4-2-3-5-13(12)16(21)18-17-14/h2-7,10H,8-9H2,1H3,(H,18,21). The Morgan fingerprint density at radius 3 is 2.77 bits per heavy atom. The number of benzene rings is 1. The second-order valence-corrected chi connectivity index (χ2v) is 5.88. The van der Waals surface area contributed by atoms with Crippen LogP contribution < -0.4 is 5.56 Å². The lowest BCUT2D eigenvalue weighted by molar-refractivity contribution is -0.129. The Morgan fingerprint density at radius 1 is 1.27 bits per heavy atom. The molecule has 1 amide bonds. The first kappa shape index (κ1) is 14.5. The Bertz CT molecular complexity index is 855. The number of nitrogens with one attached hydrogen (secondary N) is 1. The van der Waals surface area contributed by atoms with Gasteiger partial charge in [0.1, 0.15) is 0 Å². The highest BCUT2D eigenvalue weighted by atomic mass is 32.1. The molecule has 0 aliphatic carbocycles. The quantitative estimate of drug-likeness (QED) is 0.803. The minimum Gasteiger partial charge on any atom is -0.341 e. The molecule has 2 heterocycles. The van der Waals surface area contributed by atoms with E-state index in [-0.39, 0.29) is 17.9 Å². The fourth-order valence-corrected chi connectivity index (χ4v) is 2.99. The van der Waals surface area contributed by atoms with Gasteiger partial charge < -0.3 is 4.90 Å². The smallest absolute Gasteiger partial charge is 0.272 e. The van der Waals surface area contributed by atoms with Crippen LogP contribution in [0, 0.1) is 0 Å². The van der Waals surface area contributed by atoms with Gasteiger partial charge in [-0.1, -0.05) is 18.2 Å². The molecular formula is C16H15N3O2S. The van der Waals surface area contributed by atoms with Crippen LogP contribution in [0.15, 0.2) is 45.9 Å². The third kappa shape index (κ3) is 2.92. The molecule has 3 aromatic rings. The van der Waals surface area contributed by atoms with Gasteiger partial charge in [-0.3, -0.25) is 9.59 Å². The Labute approximate surface area is 131 Å². The zero-order valence-corrected chi connectivity index (χ0v) is 12.9. The highest BCUT2D eigenvalue weighted by Gasteiger charge is 2.14. The molecule has 6 heteroatoms. The Kier molecular flexibility index (Phi) is 4.02. The summed E-state index contributed by atoms with van der Waals surface area (Å²) in [6.45, 7) is 0.573. The number of fused-ring (bicyclic) bond motifs is 1. The van der Waals surface area contributed by atoms with Crippen LogP contribution in [0.2, 0.25) is 0 Å². The number of hydrogen-bond acceptors (Lipinski definition) is 4. The molecule has 0 spiro atoms. The first-order valence-corrected chi connectivity index (χ1v) is 7.81. The summed E-state index contributed by atoms with van der Waals surface area (Å²) in [5.41, 5.74) is 1.47. The van der Waals surface area contributed by atoms with Gasteiger partial charge in [-0.25, -0.2) is 5.10 Å². The average molecular weight is 313 g/mol. The van der Waals surface area contributed by atoms with Crippen LogP contribution in [-0.4, -0.2) is 28.1 Å². The summed E-state index contributed by atoms with van der Waals surface area (Å²) < 4.78 is 0. The largest absolute Gasteiger partial charge is 0.341 e. The van der Waals surface area contributed by atoms with E-state index < -0.39 is 0 Å². The Morgan fingerprint density at radius 2 is 2.05 bits per heavy atom. The van der Waals surface area contributed by atoms with Crippen LogP contribution in [0.3, 0.4) is 0 Å². The van der Waals surface area contributed by atoms with E-state index in [4.69, 9.17) is 0 Å². The summed E-state index contributed by atoms with van der Waals surface area (Å²) in [4.78, 5) is 25.8. The van der Waals surface area contributed by atoms with Gasteiger partial charge in [-0.15, -0.1) is 0 Å². The highest BCUT2D eigenvalue weighted by molar-refractivity contribution is 7.07. The van der Waals surface area contributed by atoms with Crippen molar-refractivity contribution in [3.63, 3.8) is 0 Å². The van der Waals surface area contributed by atoms with Gasteiger partial charge in [0.05, 0.1) is 17.5 Å². The fraction of sp³-hybridized carbons (Fsp3) is 0.188. The van der Waals surface area contributed by atoms with E-state index in [0.29, 0.717) is 17.6 Å². The molecule has 0 saturated heterocycles. The van der Waals surface area contributed by atoms with Crippen molar-refractivity contribution >= 4 is 28.0 Å². The SMILES string of the molecule is CN(Cc1ccsc1)C(=O)Cc1n[nH]c(=O)c2ccccc12. The van der Waals surface area contributed by atoms with Crippen molar-refractivity contribution in [3.05, 3.63) is 62.7 Å². The molecule has 0 aliphatic heterocycles. The first-order chi connectivity index (χ1) is 10.6. The number of H-pyrrole nitrogens is 1. The molecule has 3 rings (SSSR count). The maximum absolute atomic E-state index is 12.4. The maximum atomic E-state index is 12.4. The number of amides is 1. The van der Waals surface area contributed by atoms with Crippen LogP contribution in [0.25, 0.3) is 10.8 Å². The van der Waals surface area contributed by atoms with Gasteiger partial charge in [0.15, 0.2) is 0 Å². The van der Waals surface area contributed by atoms with Crippen molar-refractivity contribution < 1.29 is 4.79 Å². The van der Waals surface area contributed by atoms with Crippen molar-refractivity contribution in [1.29, 1.82) is 0 Å². The van der Waals surface area contributed by atoms with Gasteiger partial charge in [0, 0.05) is 19.0 Å². The molecule has 0 atom stereocenters.